The SMILES string of the molecule is CCC(N)(CC)CNS(=O)(=O)c1c(Cl)cc(F)cc1Br.Cl. The van der Waals surface area contributed by atoms with E-state index in [4.69, 9.17) is 17.3 Å². The highest BCUT2D eigenvalue weighted by molar-refractivity contribution is 9.10. The standard InChI is InChI=1S/C12H17BrClFN2O2S.ClH/c1-3-12(16,4-2)7-17-20(18,19)11-9(13)5-8(15)6-10(11)14;/h5-6,17H,3-4,7,16H2,1-2H3;1H. The van der Waals surface area contributed by atoms with E-state index in [-0.39, 0.29) is 33.3 Å². The second-order valence-electron chi connectivity index (χ2n) is 4.59. The molecule has 0 spiro atoms. The molecule has 4 nitrogen and oxygen atoms in total. The Bertz CT molecular complexity index is 572. The fraction of sp³-hybridized carbons (Fsp3) is 0.500. The Morgan fingerprint density at radius 3 is 2.33 bits per heavy atom. The summed E-state index contributed by atoms with van der Waals surface area (Å²) in [6, 6.07) is 2.01. The molecule has 0 aliphatic rings. The summed E-state index contributed by atoms with van der Waals surface area (Å²) < 4.78 is 40.2. The van der Waals surface area contributed by atoms with Gasteiger partial charge in [0.15, 0.2) is 0 Å². The van der Waals surface area contributed by atoms with Gasteiger partial charge in [-0.1, -0.05) is 25.4 Å². The molecule has 0 radical (unpaired) electrons. The average molecular weight is 424 g/mol. The van der Waals surface area contributed by atoms with Crippen LogP contribution >= 0.6 is 39.9 Å². The van der Waals surface area contributed by atoms with E-state index in [1.165, 1.54) is 0 Å². The molecule has 1 aromatic rings. The van der Waals surface area contributed by atoms with Crippen LogP contribution in [0.25, 0.3) is 0 Å². The molecule has 9 heteroatoms. The maximum absolute atomic E-state index is 13.1. The Hall–Kier alpha value is 0.0800. The quantitative estimate of drug-likeness (QED) is 0.735. The second kappa shape index (κ2) is 8.08. The highest BCUT2D eigenvalue weighted by Crippen LogP contribution is 2.30. The highest BCUT2D eigenvalue weighted by atomic mass is 79.9. The highest BCUT2D eigenvalue weighted by Gasteiger charge is 2.27. The van der Waals surface area contributed by atoms with Gasteiger partial charge < -0.3 is 5.73 Å². The van der Waals surface area contributed by atoms with Crippen molar-refractivity contribution in [2.45, 2.75) is 37.1 Å². The zero-order chi connectivity index (χ0) is 15.6. The second-order valence-corrected chi connectivity index (χ2v) is 7.56. The van der Waals surface area contributed by atoms with Crippen LogP contribution in [0, 0.1) is 5.82 Å². The summed E-state index contributed by atoms with van der Waals surface area (Å²) >= 11 is 8.83. The van der Waals surface area contributed by atoms with E-state index < -0.39 is 21.4 Å². The summed E-state index contributed by atoms with van der Waals surface area (Å²) in [7, 11) is -3.87. The summed E-state index contributed by atoms with van der Waals surface area (Å²) in [6.45, 7) is 3.86. The fourth-order valence-electron chi connectivity index (χ4n) is 1.60. The Kier molecular flexibility index (Phi) is 8.11. The minimum atomic E-state index is -3.87. The van der Waals surface area contributed by atoms with Gasteiger partial charge in [-0.3, -0.25) is 0 Å². The smallest absolute Gasteiger partial charge is 0.243 e. The summed E-state index contributed by atoms with van der Waals surface area (Å²) in [5, 5.41) is -0.181. The van der Waals surface area contributed by atoms with Crippen LogP contribution in [-0.4, -0.2) is 20.5 Å². The predicted octanol–water partition coefficient (Wildman–Crippen LogP) is 3.46. The lowest BCUT2D eigenvalue weighted by molar-refractivity contribution is 0.391. The molecule has 0 aliphatic heterocycles. The molecule has 1 rings (SSSR count). The van der Waals surface area contributed by atoms with Crippen LogP contribution in [0.15, 0.2) is 21.5 Å². The lowest BCUT2D eigenvalue weighted by Crippen LogP contribution is -2.49. The predicted molar refractivity (Wildman–Crippen MR) is 89.0 cm³/mol. The number of halogens is 4. The number of sulfonamides is 1. The first-order chi connectivity index (χ1) is 9.15. The Morgan fingerprint density at radius 1 is 1.38 bits per heavy atom. The van der Waals surface area contributed by atoms with Crippen molar-refractivity contribution in [3.8, 4) is 0 Å². The van der Waals surface area contributed by atoms with E-state index in [9.17, 15) is 12.8 Å². The summed E-state index contributed by atoms with van der Waals surface area (Å²) in [6.07, 6.45) is 1.26. The van der Waals surface area contributed by atoms with Crippen molar-refractivity contribution in [2.24, 2.45) is 5.73 Å². The molecule has 0 heterocycles. The number of benzene rings is 1. The maximum atomic E-state index is 13.1. The monoisotopic (exact) mass is 422 g/mol. The molecule has 1 aromatic carbocycles. The van der Waals surface area contributed by atoms with E-state index in [1.807, 2.05) is 13.8 Å². The molecule has 0 unspecified atom stereocenters. The number of hydrogen-bond donors (Lipinski definition) is 2. The molecule has 3 N–H and O–H groups in total. The first-order valence-electron chi connectivity index (χ1n) is 6.08. The molecule has 21 heavy (non-hydrogen) atoms. The Morgan fingerprint density at radius 2 is 1.90 bits per heavy atom. The van der Waals surface area contributed by atoms with Crippen LogP contribution in [0.4, 0.5) is 4.39 Å². The van der Waals surface area contributed by atoms with Gasteiger partial charge in [0.05, 0.1) is 5.02 Å². The van der Waals surface area contributed by atoms with Crippen LogP contribution in [0.2, 0.25) is 5.02 Å². The van der Waals surface area contributed by atoms with Crippen molar-refractivity contribution in [1.82, 2.24) is 4.72 Å². The summed E-state index contributed by atoms with van der Waals surface area (Å²) in [5.74, 6) is -0.615. The zero-order valence-electron chi connectivity index (χ0n) is 11.6. The van der Waals surface area contributed by atoms with Gasteiger partial charge in [0.1, 0.15) is 10.7 Å². The van der Waals surface area contributed by atoms with Crippen molar-refractivity contribution in [3.63, 3.8) is 0 Å². The van der Waals surface area contributed by atoms with E-state index >= 15 is 0 Å². The molecule has 0 atom stereocenters. The lowest BCUT2D eigenvalue weighted by Gasteiger charge is -2.26. The van der Waals surface area contributed by atoms with Crippen LogP contribution in [0.5, 0.6) is 0 Å². The Labute approximate surface area is 144 Å². The van der Waals surface area contributed by atoms with Crippen LogP contribution in [-0.2, 0) is 10.0 Å². The average Bonchev–Trinajstić information content (AvgIpc) is 2.34. The fourth-order valence-corrected chi connectivity index (χ4v) is 4.55. The van der Waals surface area contributed by atoms with Gasteiger partial charge in [0.2, 0.25) is 10.0 Å². The topological polar surface area (TPSA) is 72.2 Å². The third kappa shape index (κ3) is 5.33. The largest absolute Gasteiger partial charge is 0.324 e. The van der Waals surface area contributed by atoms with Gasteiger partial charge in [0, 0.05) is 16.6 Å². The van der Waals surface area contributed by atoms with Gasteiger partial charge in [0.25, 0.3) is 0 Å². The molecule has 0 fully saturated rings. The zero-order valence-corrected chi connectivity index (χ0v) is 15.6. The number of hydrogen-bond acceptors (Lipinski definition) is 3. The number of nitrogens with two attached hydrogens (primary N) is 1. The first-order valence-corrected chi connectivity index (χ1v) is 8.73. The van der Waals surface area contributed by atoms with Crippen LogP contribution in [0.3, 0.4) is 0 Å². The summed E-state index contributed by atoms with van der Waals surface area (Å²) in [4.78, 5) is -0.185. The molecule has 0 amide bonds. The third-order valence-corrected chi connectivity index (χ3v) is 6.05. The lowest BCUT2D eigenvalue weighted by atomic mass is 9.95. The van der Waals surface area contributed by atoms with Gasteiger partial charge in [-0.25, -0.2) is 17.5 Å². The molecule has 0 bridgehead atoms. The van der Waals surface area contributed by atoms with Crippen molar-refractivity contribution in [1.29, 1.82) is 0 Å². The molecular formula is C12H18BrCl2FN2O2S. The van der Waals surface area contributed by atoms with Crippen molar-refractivity contribution in [3.05, 3.63) is 27.4 Å². The minimum absolute atomic E-state index is 0. The van der Waals surface area contributed by atoms with E-state index in [1.54, 1.807) is 0 Å². The first kappa shape index (κ1) is 21.1. The molecule has 122 valence electrons. The number of rotatable bonds is 6. The minimum Gasteiger partial charge on any atom is -0.324 e. The van der Waals surface area contributed by atoms with Crippen molar-refractivity contribution < 1.29 is 12.8 Å². The van der Waals surface area contributed by atoms with Crippen LogP contribution in [0.1, 0.15) is 26.7 Å². The van der Waals surface area contributed by atoms with E-state index in [2.05, 4.69) is 20.7 Å². The van der Waals surface area contributed by atoms with E-state index in [0.717, 1.165) is 12.1 Å². The number of nitrogens with one attached hydrogen (secondary N) is 1. The van der Waals surface area contributed by atoms with Gasteiger partial charge >= 0.3 is 0 Å². The summed E-state index contributed by atoms with van der Waals surface area (Å²) in [5.41, 5.74) is 5.43. The van der Waals surface area contributed by atoms with Gasteiger partial charge in [-0.2, -0.15) is 0 Å². The molecule has 0 aliphatic carbocycles. The molecular weight excluding hydrogens is 406 g/mol. The van der Waals surface area contributed by atoms with Crippen molar-refractivity contribution in [2.75, 3.05) is 6.54 Å². The third-order valence-electron chi connectivity index (χ3n) is 3.25. The van der Waals surface area contributed by atoms with E-state index in [0.29, 0.717) is 12.8 Å². The molecule has 0 aromatic heterocycles. The normalized spacial score (nSPS) is 12.1. The van der Waals surface area contributed by atoms with Crippen LogP contribution < -0.4 is 10.5 Å². The molecule has 0 saturated heterocycles. The van der Waals surface area contributed by atoms with Crippen molar-refractivity contribution >= 4 is 50.0 Å². The van der Waals surface area contributed by atoms with Gasteiger partial charge in [-0.15, -0.1) is 12.4 Å². The molecule has 0 saturated carbocycles. The van der Waals surface area contributed by atoms with Gasteiger partial charge in [-0.05, 0) is 40.9 Å². The Balaban J connectivity index is 0.00000400. The maximum Gasteiger partial charge on any atom is 0.243 e.